The van der Waals surface area contributed by atoms with Gasteiger partial charge in [0.25, 0.3) is 5.91 Å². The Morgan fingerprint density at radius 1 is 1.12 bits per heavy atom. The van der Waals surface area contributed by atoms with E-state index in [0.717, 1.165) is 10.5 Å². The Balaban J connectivity index is 1.82. The molecule has 3 rings (SSSR count). The van der Waals surface area contributed by atoms with Crippen LogP contribution in [0, 0.1) is 13.8 Å². The number of hydrogen-bond donors (Lipinski definition) is 1. The highest BCUT2D eigenvalue weighted by Gasteiger charge is 2.15. The third kappa shape index (κ3) is 4.21. The van der Waals surface area contributed by atoms with Gasteiger partial charge in [0.1, 0.15) is 5.03 Å². The Bertz CT molecular complexity index is 927. The van der Waals surface area contributed by atoms with Crippen LogP contribution in [-0.2, 0) is 0 Å². The number of amides is 1. The number of carbonyl (C=O) groups excluding carboxylic acids is 1. The van der Waals surface area contributed by atoms with Crippen molar-refractivity contribution in [1.82, 2.24) is 9.97 Å². The van der Waals surface area contributed by atoms with E-state index in [1.54, 1.807) is 43.8 Å². The molecule has 0 unspecified atom stereocenters. The Hall–Kier alpha value is -2.86. The van der Waals surface area contributed by atoms with Crippen molar-refractivity contribution in [3.63, 3.8) is 0 Å². The SMILES string of the molecule is COc1ccc(NC(=O)c2cccnc2Sc2ccc(C)cc2C)cn1. The lowest BCUT2D eigenvalue weighted by Crippen LogP contribution is -2.13. The van der Waals surface area contributed by atoms with Crippen LogP contribution in [0.4, 0.5) is 5.69 Å². The Morgan fingerprint density at radius 3 is 2.65 bits per heavy atom. The fourth-order valence-electron chi connectivity index (χ4n) is 2.44. The Kier molecular flexibility index (Phi) is 5.53. The summed E-state index contributed by atoms with van der Waals surface area (Å²) in [7, 11) is 1.55. The number of methoxy groups -OCH3 is 1. The van der Waals surface area contributed by atoms with Crippen LogP contribution in [-0.4, -0.2) is 23.0 Å². The van der Waals surface area contributed by atoms with Gasteiger partial charge in [-0.05, 0) is 43.7 Å². The summed E-state index contributed by atoms with van der Waals surface area (Å²) < 4.78 is 5.03. The van der Waals surface area contributed by atoms with Crippen LogP contribution in [0.25, 0.3) is 0 Å². The summed E-state index contributed by atoms with van der Waals surface area (Å²) in [6.45, 7) is 4.12. The van der Waals surface area contributed by atoms with E-state index in [0.29, 0.717) is 22.2 Å². The molecule has 0 atom stereocenters. The molecule has 0 fully saturated rings. The van der Waals surface area contributed by atoms with Crippen molar-refractivity contribution >= 4 is 23.4 Å². The molecular weight excluding hydrogens is 346 g/mol. The molecule has 5 nitrogen and oxygen atoms in total. The van der Waals surface area contributed by atoms with Crippen LogP contribution in [0.3, 0.4) is 0 Å². The van der Waals surface area contributed by atoms with Crippen LogP contribution in [0.1, 0.15) is 21.5 Å². The average Bonchev–Trinajstić information content (AvgIpc) is 2.65. The van der Waals surface area contributed by atoms with E-state index >= 15 is 0 Å². The maximum atomic E-state index is 12.7. The number of carbonyl (C=O) groups is 1. The molecule has 0 saturated heterocycles. The molecule has 0 aliphatic carbocycles. The van der Waals surface area contributed by atoms with Gasteiger partial charge in [-0.3, -0.25) is 4.79 Å². The van der Waals surface area contributed by atoms with Crippen molar-refractivity contribution in [2.24, 2.45) is 0 Å². The highest BCUT2D eigenvalue weighted by Crippen LogP contribution is 2.31. The summed E-state index contributed by atoms with van der Waals surface area (Å²) in [6, 6.07) is 13.2. The number of aryl methyl sites for hydroxylation is 2. The summed E-state index contributed by atoms with van der Waals surface area (Å²) >= 11 is 1.49. The van der Waals surface area contributed by atoms with Crippen LogP contribution in [0.5, 0.6) is 5.88 Å². The number of aromatic nitrogens is 2. The van der Waals surface area contributed by atoms with Gasteiger partial charge in [-0.15, -0.1) is 0 Å². The number of hydrogen-bond acceptors (Lipinski definition) is 5. The minimum absolute atomic E-state index is 0.225. The van der Waals surface area contributed by atoms with Crippen LogP contribution >= 0.6 is 11.8 Å². The number of ether oxygens (including phenoxy) is 1. The molecular formula is C20H19N3O2S. The molecule has 0 aliphatic heterocycles. The molecule has 0 spiro atoms. The number of rotatable bonds is 5. The van der Waals surface area contributed by atoms with Crippen molar-refractivity contribution in [3.8, 4) is 5.88 Å². The summed E-state index contributed by atoms with van der Waals surface area (Å²) in [5.74, 6) is 0.271. The summed E-state index contributed by atoms with van der Waals surface area (Å²) in [6.07, 6.45) is 3.25. The molecule has 2 aromatic heterocycles. The fourth-order valence-corrected chi connectivity index (χ4v) is 3.38. The van der Waals surface area contributed by atoms with Gasteiger partial charge >= 0.3 is 0 Å². The second kappa shape index (κ2) is 8.01. The van der Waals surface area contributed by atoms with E-state index < -0.39 is 0 Å². The van der Waals surface area contributed by atoms with Crippen LogP contribution < -0.4 is 10.1 Å². The van der Waals surface area contributed by atoms with Crippen molar-refractivity contribution in [2.75, 3.05) is 12.4 Å². The van der Waals surface area contributed by atoms with E-state index in [-0.39, 0.29) is 5.91 Å². The highest BCUT2D eigenvalue weighted by molar-refractivity contribution is 7.99. The van der Waals surface area contributed by atoms with Gasteiger partial charge in [-0.25, -0.2) is 9.97 Å². The van der Waals surface area contributed by atoms with E-state index in [9.17, 15) is 4.79 Å². The molecule has 26 heavy (non-hydrogen) atoms. The summed E-state index contributed by atoms with van der Waals surface area (Å²) in [5, 5.41) is 3.51. The van der Waals surface area contributed by atoms with Gasteiger partial charge in [-0.1, -0.05) is 29.5 Å². The smallest absolute Gasteiger partial charge is 0.258 e. The predicted molar refractivity (Wildman–Crippen MR) is 103 cm³/mol. The summed E-state index contributed by atoms with van der Waals surface area (Å²) in [5.41, 5.74) is 3.49. The quantitative estimate of drug-likeness (QED) is 0.721. The third-order valence-corrected chi connectivity index (χ3v) is 4.95. The average molecular weight is 365 g/mol. The largest absolute Gasteiger partial charge is 0.481 e. The van der Waals surface area contributed by atoms with Gasteiger partial charge in [0.15, 0.2) is 0 Å². The Morgan fingerprint density at radius 2 is 1.96 bits per heavy atom. The first-order valence-electron chi connectivity index (χ1n) is 8.08. The first-order chi connectivity index (χ1) is 12.6. The molecule has 1 amide bonds. The van der Waals surface area contributed by atoms with E-state index in [1.165, 1.54) is 17.3 Å². The lowest BCUT2D eigenvalue weighted by atomic mass is 10.2. The van der Waals surface area contributed by atoms with Gasteiger partial charge < -0.3 is 10.1 Å². The molecule has 6 heteroatoms. The second-order valence-electron chi connectivity index (χ2n) is 5.77. The number of nitrogens with one attached hydrogen (secondary N) is 1. The van der Waals surface area contributed by atoms with Crippen molar-refractivity contribution in [1.29, 1.82) is 0 Å². The molecule has 0 saturated carbocycles. The molecule has 0 radical (unpaired) electrons. The van der Waals surface area contributed by atoms with Crippen LogP contribution in [0.2, 0.25) is 0 Å². The van der Waals surface area contributed by atoms with Gasteiger partial charge in [-0.2, -0.15) is 0 Å². The molecule has 3 aromatic rings. The molecule has 1 aromatic carbocycles. The van der Waals surface area contributed by atoms with Gasteiger partial charge in [0.2, 0.25) is 5.88 Å². The van der Waals surface area contributed by atoms with Crippen molar-refractivity contribution < 1.29 is 9.53 Å². The number of pyridine rings is 2. The molecule has 0 bridgehead atoms. The Labute approximate surface area is 156 Å². The fraction of sp³-hybridized carbons (Fsp3) is 0.150. The zero-order valence-electron chi connectivity index (χ0n) is 14.8. The standard InChI is InChI=1S/C20H19N3O2S/c1-13-6-8-17(14(2)11-13)26-20-16(5-4-10-21-20)19(24)23-15-7-9-18(25-3)22-12-15/h4-12H,1-3H3,(H,23,24). The molecule has 0 aliphatic rings. The lowest BCUT2D eigenvalue weighted by molar-refractivity contribution is 0.102. The van der Waals surface area contributed by atoms with E-state index in [1.807, 2.05) is 0 Å². The number of nitrogens with zero attached hydrogens (tertiary/aromatic N) is 2. The molecule has 2 heterocycles. The highest BCUT2D eigenvalue weighted by atomic mass is 32.2. The summed E-state index contributed by atoms with van der Waals surface area (Å²) in [4.78, 5) is 22.3. The monoisotopic (exact) mass is 365 g/mol. The predicted octanol–water partition coefficient (Wildman–Crippen LogP) is 4.51. The second-order valence-corrected chi connectivity index (χ2v) is 6.80. The minimum atomic E-state index is -0.225. The van der Waals surface area contributed by atoms with Crippen LogP contribution in [0.15, 0.2) is 64.8 Å². The number of anilines is 1. The first kappa shape index (κ1) is 17.9. The maximum Gasteiger partial charge on any atom is 0.258 e. The van der Waals surface area contributed by atoms with Crippen molar-refractivity contribution in [3.05, 3.63) is 71.5 Å². The lowest BCUT2D eigenvalue weighted by Gasteiger charge is -2.11. The van der Waals surface area contributed by atoms with E-state index in [4.69, 9.17) is 4.74 Å². The normalized spacial score (nSPS) is 10.4. The zero-order valence-corrected chi connectivity index (χ0v) is 15.6. The van der Waals surface area contributed by atoms with Gasteiger partial charge in [0, 0.05) is 17.2 Å². The number of benzene rings is 1. The molecule has 1 N–H and O–H groups in total. The first-order valence-corrected chi connectivity index (χ1v) is 8.90. The topological polar surface area (TPSA) is 64.1 Å². The third-order valence-electron chi connectivity index (χ3n) is 3.76. The van der Waals surface area contributed by atoms with Gasteiger partial charge in [0.05, 0.1) is 24.6 Å². The zero-order chi connectivity index (χ0) is 18.5. The minimum Gasteiger partial charge on any atom is -0.481 e. The van der Waals surface area contributed by atoms with E-state index in [2.05, 4.69) is 47.3 Å². The molecule has 132 valence electrons. The van der Waals surface area contributed by atoms with Crippen molar-refractivity contribution in [2.45, 2.75) is 23.8 Å². The maximum absolute atomic E-state index is 12.7.